The van der Waals surface area contributed by atoms with E-state index in [0.717, 1.165) is 30.2 Å². The van der Waals surface area contributed by atoms with Crippen LogP contribution in [-0.2, 0) is 4.79 Å². The summed E-state index contributed by atoms with van der Waals surface area (Å²) >= 11 is 0. The number of hydrogen-bond acceptors (Lipinski definition) is 5. The lowest BCUT2D eigenvalue weighted by Crippen LogP contribution is -2.61. The number of piperidine rings is 2. The van der Waals surface area contributed by atoms with Gasteiger partial charge >= 0.3 is 6.03 Å². The highest BCUT2D eigenvalue weighted by Crippen LogP contribution is 2.48. The molecule has 2 saturated carbocycles. The molecule has 41 heavy (non-hydrogen) atoms. The molecule has 3 aliphatic heterocycles. The Bertz CT molecular complexity index is 1420. The monoisotopic (exact) mass is 558 g/mol. The summed E-state index contributed by atoms with van der Waals surface area (Å²) in [5, 5.41) is 5.41. The lowest BCUT2D eigenvalue weighted by atomic mass is 9.67. The van der Waals surface area contributed by atoms with Gasteiger partial charge in [-0.3, -0.25) is 14.5 Å². The fourth-order valence-electron chi connectivity index (χ4n) is 8.98. The average Bonchev–Trinajstić information content (AvgIpc) is 2.94. The highest BCUT2D eigenvalue weighted by atomic mass is 16.2. The van der Waals surface area contributed by atoms with E-state index in [9.17, 15) is 14.4 Å². The van der Waals surface area contributed by atoms with Crippen LogP contribution in [0.1, 0.15) is 84.1 Å². The van der Waals surface area contributed by atoms with Crippen LogP contribution in [0.5, 0.6) is 0 Å². The third kappa shape index (κ3) is 4.86. The van der Waals surface area contributed by atoms with Gasteiger partial charge in [0.1, 0.15) is 6.17 Å². The molecule has 0 radical (unpaired) electrons. The molecule has 5 aliphatic rings. The van der Waals surface area contributed by atoms with Crippen molar-refractivity contribution >= 4 is 28.8 Å². The van der Waals surface area contributed by atoms with Crippen molar-refractivity contribution in [2.75, 3.05) is 4.90 Å². The maximum absolute atomic E-state index is 14.3. The van der Waals surface area contributed by atoms with Crippen LogP contribution in [0, 0.1) is 17.8 Å². The van der Waals surface area contributed by atoms with Gasteiger partial charge in [0.25, 0.3) is 5.56 Å². The Morgan fingerprint density at radius 2 is 1.73 bits per heavy atom. The lowest BCUT2D eigenvalue weighted by molar-refractivity contribution is -0.119. The number of fused-ring (bicyclic) bond motifs is 5. The molecule has 8 atom stereocenters. The van der Waals surface area contributed by atoms with Gasteiger partial charge in [-0.05, 0) is 80.9 Å². The number of carbonyl (C=O) groups is 2. The minimum Gasteiger partial charge on any atom is -0.333 e. The standard InChI is InChI=1S/C32H42N6O3/c1-19-10-11-23-17-25(18-28(19)37(23)24-15-21-6-5-7-22(14-21)16-24)38-27-9-4-3-8-26(27)34-30(31(38)40)36-13-12-29(33-20(2)39)35-32(36)41/h3-4,8-9,12-13,19,21-25,28-29H,5-7,10-11,14-18H2,1-2H3,(H,33,39)(H,35,41)/t19-,21-,22+,23+,24?,25-,28+,29?/m1/s1. The zero-order valence-electron chi connectivity index (χ0n) is 24.2. The van der Waals surface area contributed by atoms with Crippen LogP contribution in [0.2, 0.25) is 0 Å². The molecule has 218 valence electrons. The van der Waals surface area contributed by atoms with Gasteiger partial charge in [-0.1, -0.05) is 38.3 Å². The van der Waals surface area contributed by atoms with Gasteiger partial charge in [0.2, 0.25) is 11.7 Å². The minimum atomic E-state index is -0.622. The van der Waals surface area contributed by atoms with Gasteiger partial charge in [0.05, 0.1) is 11.0 Å². The fraction of sp³-hybridized carbons (Fsp3) is 0.625. The molecule has 1 aromatic heterocycles. The van der Waals surface area contributed by atoms with Crippen molar-refractivity contribution < 1.29 is 9.59 Å². The second kappa shape index (κ2) is 10.6. The van der Waals surface area contributed by atoms with Crippen LogP contribution in [0.4, 0.5) is 10.6 Å². The normalized spacial score (nSPS) is 35.3. The maximum atomic E-state index is 14.3. The molecule has 2 unspecified atom stereocenters. The van der Waals surface area contributed by atoms with Gasteiger partial charge in [-0.25, -0.2) is 14.7 Å². The van der Waals surface area contributed by atoms with Crippen LogP contribution in [-0.4, -0.2) is 50.7 Å². The van der Waals surface area contributed by atoms with Crippen molar-refractivity contribution in [1.29, 1.82) is 0 Å². The van der Waals surface area contributed by atoms with Crippen molar-refractivity contribution in [3.05, 3.63) is 46.9 Å². The summed E-state index contributed by atoms with van der Waals surface area (Å²) in [6.07, 6.45) is 15.3. The topological polar surface area (TPSA) is 99.6 Å². The van der Waals surface area contributed by atoms with E-state index in [1.54, 1.807) is 12.3 Å². The molecule has 2 aromatic rings. The summed E-state index contributed by atoms with van der Waals surface area (Å²) < 4.78 is 1.95. The molecule has 9 nitrogen and oxygen atoms in total. The Balaban J connectivity index is 1.23. The van der Waals surface area contributed by atoms with Crippen molar-refractivity contribution in [2.45, 2.75) is 108 Å². The summed E-state index contributed by atoms with van der Waals surface area (Å²) in [6.45, 7) is 3.81. The first kappa shape index (κ1) is 26.7. The number of benzene rings is 1. The van der Waals surface area contributed by atoms with Crippen molar-refractivity contribution in [2.24, 2.45) is 17.8 Å². The Morgan fingerprint density at radius 3 is 2.49 bits per heavy atom. The highest BCUT2D eigenvalue weighted by molar-refractivity contribution is 5.95. The minimum absolute atomic E-state index is 0.0511. The molecule has 2 saturated heterocycles. The Morgan fingerprint density at radius 1 is 0.951 bits per heavy atom. The largest absolute Gasteiger partial charge is 0.333 e. The smallest absolute Gasteiger partial charge is 0.329 e. The summed E-state index contributed by atoms with van der Waals surface area (Å²) in [6, 6.07) is 8.98. The molecular formula is C32H42N6O3. The van der Waals surface area contributed by atoms with Crippen LogP contribution in [0.15, 0.2) is 41.3 Å². The van der Waals surface area contributed by atoms with E-state index in [-0.39, 0.29) is 23.3 Å². The number of nitrogens with one attached hydrogen (secondary N) is 2. The number of carbonyl (C=O) groups excluding carboxylic acids is 2. The molecule has 7 rings (SSSR count). The quantitative estimate of drug-likeness (QED) is 0.568. The van der Waals surface area contributed by atoms with E-state index in [0.29, 0.717) is 29.6 Å². The van der Waals surface area contributed by atoms with Crippen molar-refractivity contribution in [1.82, 2.24) is 25.1 Å². The Hall–Kier alpha value is -3.20. The Kier molecular flexibility index (Phi) is 6.88. The van der Waals surface area contributed by atoms with Gasteiger partial charge in [-0.2, -0.15) is 0 Å². The number of amides is 3. The number of para-hydroxylation sites is 2. The summed E-state index contributed by atoms with van der Waals surface area (Å²) in [5.41, 5.74) is 1.29. The van der Waals surface area contributed by atoms with E-state index in [1.807, 2.05) is 28.8 Å². The number of rotatable bonds is 4. The van der Waals surface area contributed by atoms with Crippen molar-refractivity contribution in [3.63, 3.8) is 0 Å². The zero-order chi connectivity index (χ0) is 28.2. The van der Waals surface area contributed by atoms with E-state index >= 15 is 0 Å². The van der Waals surface area contributed by atoms with Crippen LogP contribution >= 0.6 is 0 Å². The number of aromatic nitrogens is 2. The summed E-state index contributed by atoms with van der Waals surface area (Å²) in [7, 11) is 0. The Labute approximate surface area is 241 Å². The molecular weight excluding hydrogens is 516 g/mol. The van der Waals surface area contributed by atoms with Gasteiger partial charge < -0.3 is 15.2 Å². The molecule has 4 heterocycles. The van der Waals surface area contributed by atoms with E-state index in [2.05, 4.69) is 27.4 Å². The lowest BCUT2D eigenvalue weighted by Gasteiger charge is -2.57. The predicted molar refractivity (Wildman–Crippen MR) is 158 cm³/mol. The third-order valence-electron chi connectivity index (χ3n) is 10.7. The number of urea groups is 1. The predicted octanol–water partition coefficient (Wildman–Crippen LogP) is 4.67. The fourth-order valence-corrected chi connectivity index (χ4v) is 8.98. The molecule has 4 fully saturated rings. The van der Waals surface area contributed by atoms with Crippen LogP contribution in [0.3, 0.4) is 0 Å². The maximum Gasteiger partial charge on any atom is 0.329 e. The second-order valence-corrected chi connectivity index (χ2v) is 13.3. The third-order valence-corrected chi connectivity index (χ3v) is 10.7. The molecule has 1 aromatic carbocycles. The SMILES string of the molecule is CC(=O)NC1C=CN(c2nc3ccccc3n([C@@H]3C[C@@H]4CC[C@@H](C)[C@H](C3)N4C3C[C@H]4CCC[C@@H](C3)C4)c2=O)C(=O)N1. The molecule has 3 amide bonds. The first-order chi connectivity index (χ1) is 19.9. The van der Waals surface area contributed by atoms with Gasteiger partial charge in [-0.15, -0.1) is 0 Å². The number of hydrogen-bond donors (Lipinski definition) is 2. The first-order valence-corrected chi connectivity index (χ1v) is 15.7. The number of anilines is 1. The molecule has 2 N–H and O–H groups in total. The number of nitrogens with zero attached hydrogens (tertiary/aromatic N) is 4. The van der Waals surface area contributed by atoms with E-state index in [1.165, 1.54) is 63.2 Å². The zero-order valence-corrected chi connectivity index (χ0v) is 24.2. The average molecular weight is 559 g/mol. The summed E-state index contributed by atoms with van der Waals surface area (Å²) in [5.74, 6) is 2.23. The van der Waals surface area contributed by atoms with Crippen LogP contribution in [0.25, 0.3) is 11.0 Å². The molecule has 2 aliphatic carbocycles. The van der Waals surface area contributed by atoms with E-state index in [4.69, 9.17) is 0 Å². The highest BCUT2D eigenvalue weighted by Gasteiger charge is 2.47. The first-order valence-electron chi connectivity index (χ1n) is 15.7. The second-order valence-electron chi connectivity index (χ2n) is 13.3. The molecule has 4 bridgehead atoms. The molecule has 0 spiro atoms. The summed E-state index contributed by atoms with van der Waals surface area (Å²) in [4.78, 5) is 47.7. The molecule has 9 heteroatoms. The van der Waals surface area contributed by atoms with E-state index < -0.39 is 12.2 Å². The van der Waals surface area contributed by atoms with Crippen LogP contribution < -0.4 is 21.1 Å². The van der Waals surface area contributed by atoms with Gasteiger partial charge in [0, 0.05) is 37.3 Å². The van der Waals surface area contributed by atoms with Gasteiger partial charge in [0.15, 0.2) is 0 Å². The van der Waals surface area contributed by atoms with Crippen molar-refractivity contribution in [3.8, 4) is 0 Å².